The SMILES string of the molecule is c1ccc(-c2ccc3cc(-c4ccc5ccc(-c6ccc(-c7ccnc8c7ccc7cccnc78)cc6)nc5c4)ccc3n2)cc1. The number of hydrogen-bond acceptors (Lipinski definition) is 4. The minimum absolute atomic E-state index is 0.922. The molecular formula is C42H26N4. The highest BCUT2D eigenvalue weighted by Crippen LogP contribution is 2.33. The van der Waals surface area contributed by atoms with Crippen LogP contribution in [0.15, 0.2) is 158 Å². The summed E-state index contributed by atoms with van der Waals surface area (Å²) in [5.41, 5.74) is 12.5. The van der Waals surface area contributed by atoms with E-state index in [4.69, 9.17) is 9.97 Å². The summed E-state index contributed by atoms with van der Waals surface area (Å²) >= 11 is 0. The Labute approximate surface area is 265 Å². The van der Waals surface area contributed by atoms with E-state index in [0.29, 0.717) is 0 Å². The van der Waals surface area contributed by atoms with E-state index in [9.17, 15) is 0 Å². The highest BCUT2D eigenvalue weighted by Gasteiger charge is 2.11. The van der Waals surface area contributed by atoms with Crippen LogP contribution in [0.2, 0.25) is 0 Å². The zero-order valence-electron chi connectivity index (χ0n) is 24.8. The summed E-state index contributed by atoms with van der Waals surface area (Å²) in [6.07, 6.45) is 3.70. The summed E-state index contributed by atoms with van der Waals surface area (Å²) in [5, 5.41) is 4.42. The van der Waals surface area contributed by atoms with Crippen LogP contribution < -0.4 is 0 Å². The molecule has 0 aliphatic heterocycles. The molecule has 0 spiro atoms. The van der Waals surface area contributed by atoms with Crippen molar-refractivity contribution in [3.05, 3.63) is 158 Å². The number of nitrogens with zero attached hydrogens (tertiary/aromatic N) is 4. The molecule has 46 heavy (non-hydrogen) atoms. The summed E-state index contributed by atoms with van der Waals surface area (Å²) in [4.78, 5) is 19.3. The summed E-state index contributed by atoms with van der Waals surface area (Å²) in [6.45, 7) is 0. The first-order valence-corrected chi connectivity index (χ1v) is 15.4. The third-order valence-corrected chi connectivity index (χ3v) is 8.76. The Hall–Kier alpha value is -6.26. The van der Waals surface area contributed by atoms with Gasteiger partial charge in [0.1, 0.15) is 0 Å². The molecule has 0 saturated heterocycles. The van der Waals surface area contributed by atoms with Gasteiger partial charge < -0.3 is 0 Å². The van der Waals surface area contributed by atoms with Gasteiger partial charge in [-0.05, 0) is 64.7 Å². The molecule has 5 aromatic carbocycles. The fourth-order valence-corrected chi connectivity index (χ4v) is 6.36. The normalized spacial score (nSPS) is 11.5. The molecule has 9 rings (SSSR count). The maximum absolute atomic E-state index is 5.10. The maximum atomic E-state index is 5.10. The zero-order chi connectivity index (χ0) is 30.5. The summed E-state index contributed by atoms with van der Waals surface area (Å²) < 4.78 is 0. The van der Waals surface area contributed by atoms with Crippen molar-refractivity contribution in [1.29, 1.82) is 0 Å². The van der Waals surface area contributed by atoms with Crippen LogP contribution in [0, 0.1) is 0 Å². The van der Waals surface area contributed by atoms with Gasteiger partial charge in [-0.2, -0.15) is 0 Å². The first-order valence-electron chi connectivity index (χ1n) is 15.4. The van der Waals surface area contributed by atoms with Gasteiger partial charge in [0.15, 0.2) is 0 Å². The minimum atomic E-state index is 0.922. The first-order chi connectivity index (χ1) is 22.8. The highest BCUT2D eigenvalue weighted by atomic mass is 14.7. The number of rotatable bonds is 4. The molecule has 0 unspecified atom stereocenters. The van der Waals surface area contributed by atoms with Gasteiger partial charge in [-0.3, -0.25) is 9.97 Å². The van der Waals surface area contributed by atoms with Gasteiger partial charge in [0.25, 0.3) is 0 Å². The van der Waals surface area contributed by atoms with Crippen molar-refractivity contribution in [1.82, 2.24) is 19.9 Å². The van der Waals surface area contributed by atoms with Crippen LogP contribution in [0.3, 0.4) is 0 Å². The lowest BCUT2D eigenvalue weighted by Crippen LogP contribution is -1.89. The van der Waals surface area contributed by atoms with Gasteiger partial charge in [0.2, 0.25) is 0 Å². The van der Waals surface area contributed by atoms with Gasteiger partial charge in [-0.25, -0.2) is 9.97 Å². The van der Waals surface area contributed by atoms with Crippen LogP contribution in [0.5, 0.6) is 0 Å². The van der Waals surface area contributed by atoms with E-state index in [-0.39, 0.29) is 0 Å². The Morgan fingerprint density at radius 3 is 1.87 bits per heavy atom. The van der Waals surface area contributed by atoms with Gasteiger partial charge >= 0.3 is 0 Å². The minimum Gasteiger partial charge on any atom is -0.254 e. The van der Waals surface area contributed by atoms with Crippen molar-refractivity contribution < 1.29 is 0 Å². The average Bonchev–Trinajstić information content (AvgIpc) is 3.14. The summed E-state index contributed by atoms with van der Waals surface area (Å²) in [6, 6.07) is 50.8. The molecule has 4 nitrogen and oxygen atoms in total. The van der Waals surface area contributed by atoms with E-state index in [1.54, 1.807) is 0 Å². The molecule has 0 fully saturated rings. The Morgan fingerprint density at radius 2 is 1.00 bits per heavy atom. The Kier molecular flexibility index (Phi) is 6.10. The second kappa shape index (κ2) is 10.7. The van der Waals surface area contributed by atoms with E-state index in [0.717, 1.165) is 88.4 Å². The lowest BCUT2D eigenvalue weighted by atomic mass is 9.98. The fraction of sp³-hybridized carbons (Fsp3) is 0. The van der Waals surface area contributed by atoms with E-state index in [2.05, 4.69) is 131 Å². The van der Waals surface area contributed by atoms with Crippen LogP contribution in [0.1, 0.15) is 0 Å². The molecule has 4 heterocycles. The second-order valence-electron chi connectivity index (χ2n) is 11.5. The molecule has 0 aliphatic carbocycles. The highest BCUT2D eigenvalue weighted by molar-refractivity contribution is 6.08. The van der Waals surface area contributed by atoms with Crippen molar-refractivity contribution in [2.75, 3.05) is 0 Å². The second-order valence-corrected chi connectivity index (χ2v) is 11.5. The molecule has 0 radical (unpaired) electrons. The number of benzene rings is 5. The molecule has 4 heteroatoms. The van der Waals surface area contributed by atoms with E-state index in [1.807, 2.05) is 36.7 Å². The van der Waals surface area contributed by atoms with Crippen LogP contribution in [-0.2, 0) is 0 Å². The van der Waals surface area contributed by atoms with Gasteiger partial charge in [-0.1, -0.05) is 103 Å². The quantitative estimate of drug-likeness (QED) is 0.193. The number of pyridine rings is 4. The molecule has 4 aromatic heterocycles. The van der Waals surface area contributed by atoms with Gasteiger partial charge in [0.05, 0.1) is 33.5 Å². The number of hydrogen-bond donors (Lipinski definition) is 0. The van der Waals surface area contributed by atoms with Crippen molar-refractivity contribution in [3.8, 4) is 44.8 Å². The molecular weight excluding hydrogens is 560 g/mol. The number of fused-ring (bicyclic) bond motifs is 5. The maximum Gasteiger partial charge on any atom is 0.0970 e. The van der Waals surface area contributed by atoms with Gasteiger partial charge in [0, 0.05) is 45.1 Å². The van der Waals surface area contributed by atoms with Crippen molar-refractivity contribution in [2.24, 2.45) is 0 Å². The molecule has 0 atom stereocenters. The lowest BCUT2D eigenvalue weighted by molar-refractivity contribution is 1.37. The van der Waals surface area contributed by atoms with Gasteiger partial charge in [-0.15, -0.1) is 0 Å². The topological polar surface area (TPSA) is 51.6 Å². The molecule has 0 bridgehead atoms. The zero-order valence-corrected chi connectivity index (χ0v) is 24.8. The van der Waals surface area contributed by atoms with Crippen LogP contribution in [0.25, 0.3) is 88.4 Å². The summed E-state index contributed by atoms with van der Waals surface area (Å²) in [5.74, 6) is 0. The molecule has 0 saturated carbocycles. The Morgan fingerprint density at radius 1 is 0.348 bits per heavy atom. The molecule has 0 amide bonds. The molecule has 9 aromatic rings. The van der Waals surface area contributed by atoms with E-state index in [1.165, 1.54) is 0 Å². The first kappa shape index (κ1) is 26.2. The average molecular weight is 587 g/mol. The fourth-order valence-electron chi connectivity index (χ4n) is 6.36. The predicted octanol–water partition coefficient (Wildman–Crippen LogP) is 10.5. The van der Waals surface area contributed by atoms with Crippen molar-refractivity contribution in [2.45, 2.75) is 0 Å². The number of aromatic nitrogens is 4. The third-order valence-electron chi connectivity index (χ3n) is 8.76. The van der Waals surface area contributed by atoms with Crippen LogP contribution >= 0.6 is 0 Å². The Balaban J connectivity index is 1.04. The van der Waals surface area contributed by atoms with Crippen molar-refractivity contribution in [3.63, 3.8) is 0 Å². The monoisotopic (exact) mass is 586 g/mol. The molecule has 0 aliphatic rings. The predicted molar refractivity (Wildman–Crippen MR) is 189 cm³/mol. The standard InChI is InChI=1S/C42H26N4/c1-2-5-28(6-3-1)37-21-17-34-25-32(16-20-39(34)45-37)33-13-12-30-15-19-38(46-40(30)26-33)29-10-8-27(9-11-29)35-22-24-44-42-36(35)18-14-31-7-4-23-43-41(31)42/h1-26H. The summed E-state index contributed by atoms with van der Waals surface area (Å²) in [7, 11) is 0. The largest absolute Gasteiger partial charge is 0.254 e. The molecule has 214 valence electrons. The van der Waals surface area contributed by atoms with Crippen molar-refractivity contribution >= 4 is 43.6 Å². The smallest absolute Gasteiger partial charge is 0.0970 e. The molecule has 0 N–H and O–H groups in total. The lowest BCUT2D eigenvalue weighted by Gasteiger charge is -2.10. The Bertz CT molecular complexity index is 2570. The third kappa shape index (κ3) is 4.56. The van der Waals surface area contributed by atoms with E-state index < -0.39 is 0 Å². The van der Waals surface area contributed by atoms with Crippen LogP contribution in [-0.4, -0.2) is 19.9 Å². The van der Waals surface area contributed by atoms with E-state index >= 15 is 0 Å². The van der Waals surface area contributed by atoms with Crippen LogP contribution in [0.4, 0.5) is 0 Å².